The molecule has 0 aromatic heterocycles. The average molecular weight is 245 g/mol. The molecular weight excluding hydrogens is 218 g/mol. The third-order valence-electron chi connectivity index (χ3n) is 2.72. The molecule has 0 heterocycles. The molecule has 0 aromatic rings. The fraction of sp³-hybridized carbons (Fsp3) is 0.917. The van der Waals surface area contributed by atoms with E-state index in [2.05, 4.69) is 15.1 Å². The Balaban J connectivity index is 4.37. The molecule has 0 radical (unpaired) electrons. The zero-order chi connectivity index (χ0) is 13.5. The van der Waals surface area contributed by atoms with Crippen LogP contribution in [-0.2, 0) is 9.53 Å². The van der Waals surface area contributed by atoms with E-state index in [9.17, 15) is 4.79 Å². The molecule has 1 N–H and O–H groups in total. The first-order valence-electron chi connectivity index (χ1n) is 6.02. The van der Waals surface area contributed by atoms with Gasteiger partial charge in [-0.15, -0.1) is 0 Å². The van der Waals surface area contributed by atoms with Crippen LogP contribution in [0.25, 0.3) is 0 Å². The summed E-state index contributed by atoms with van der Waals surface area (Å²) in [6.07, 6.45) is 0. The van der Waals surface area contributed by atoms with Crippen molar-refractivity contribution in [2.24, 2.45) is 0 Å². The summed E-state index contributed by atoms with van der Waals surface area (Å²) in [5.74, 6) is -0.212. The van der Waals surface area contributed by atoms with Gasteiger partial charge < -0.3 is 19.9 Å². The highest BCUT2D eigenvalue weighted by Gasteiger charge is 2.34. The van der Waals surface area contributed by atoms with Gasteiger partial charge in [-0.05, 0) is 34.6 Å². The van der Waals surface area contributed by atoms with E-state index in [1.807, 2.05) is 35.0 Å². The summed E-state index contributed by atoms with van der Waals surface area (Å²) < 4.78 is 4.86. The highest BCUT2D eigenvalue weighted by molar-refractivity contribution is 5.80. The van der Waals surface area contributed by atoms with Crippen molar-refractivity contribution in [2.45, 2.75) is 19.4 Å². The van der Waals surface area contributed by atoms with Crippen LogP contribution in [0.5, 0.6) is 0 Å². The van der Waals surface area contributed by atoms with Gasteiger partial charge in [-0.2, -0.15) is 0 Å². The molecular formula is C12H27N3O2. The maximum absolute atomic E-state index is 11.8. The van der Waals surface area contributed by atoms with Gasteiger partial charge in [0.15, 0.2) is 0 Å². The Kier molecular flexibility index (Phi) is 7.34. The van der Waals surface area contributed by atoms with Gasteiger partial charge in [-0.25, -0.2) is 0 Å². The molecule has 17 heavy (non-hydrogen) atoms. The topological polar surface area (TPSA) is 44.8 Å². The summed E-state index contributed by atoms with van der Waals surface area (Å²) in [6.45, 7) is 7.15. The van der Waals surface area contributed by atoms with Crippen LogP contribution in [0, 0.1) is 0 Å². The SMILES string of the molecule is CCNC(C)(CN(C)CCN(C)C)C(=O)OC. The minimum Gasteiger partial charge on any atom is -0.468 e. The summed E-state index contributed by atoms with van der Waals surface area (Å²) >= 11 is 0. The predicted octanol–water partition coefficient (Wildman–Crippen LogP) is 0.0210. The number of carbonyl (C=O) groups is 1. The van der Waals surface area contributed by atoms with Crippen LogP contribution in [-0.4, -0.2) is 75.7 Å². The first-order valence-corrected chi connectivity index (χ1v) is 6.02. The van der Waals surface area contributed by atoms with Gasteiger partial charge in [0.2, 0.25) is 0 Å². The summed E-state index contributed by atoms with van der Waals surface area (Å²) in [6, 6.07) is 0. The second-order valence-corrected chi connectivity index (χ2v) is 4.90. The lowest BCUT2D eigenvalue weighted by molar-refractivity contribution is -0.148. The van der Waals surface area contributed by atoms with Crippen LogP contribution in [0.3, 0.4) is 0 Å². The van der Waals surface area contributed by atoms with Crippen molar-refractivity contribution in [3.63, 3.8) is 0 Å². The molecule has 1 atom stereocenters. The molecule has 0 rings (SSSR count). The Bertz CT molecular complexity index is 234. The van der Waals surface area contributed by atoms with Crippen molar-refractivity contribution < 1.29 is 9.53 Å². The third-order valence-corrected chi connectivity index (χ3v) is 2.72. The van der Waals surface area contributed by atoms with Crippen molar-refractivity contribution in [3.8, 4) is 0 Å². The highest BCUT2D eigenvalue weighted by atomic mass is 16.5. The van der Waals surface area contributed by atoms with Gasteiger partial charge >= 0.3 is 5.97 Å². The second-order valence-electron chi connectivity index (χ2n) is 4.90. The summed E-state index contributed by atoms with van der Waals surface area (Å²) in [5.41, 5.74) is -0.634. The Morgan fingerprint density at radius 1 is 1.29 bits per heavy atom. The Morgan fingerprint density at radius 3 is 2.29 bits per heavy atom. The molecule has 0 aliphatic heterocycles. The van der Waals surface area contributed by atoms with Crippen LogP contribution in [0.15, 0.2) is 0 Å². The number of rotatable bonds is 8. The molecule has 0 aromatic carbocycles. The number of nitrogens with zero attached hydrogens (tertiary/aromatic N) is 2. The Labute approximate surface area is 105 Å². The third kappa shape index (κ3) is 6.00. The van der Waals surface area contributed by atoms with Crippen molar-refractivity contribution >= 4 is 5.97 Å². The summed E-state index contributed by atoms with van der Waals surface area (Å²) in [4.78, 5) is 16.0. The number of hydrogen-bond acceptors (Lipinski definition) is 5. The number of hydrogen-bond donors (Lipinski definition) is 1. The molecule has 0 fully saturated rings. The first-order chi connectivity index (χ1) is 7.85. The van der Waals surface area contributed by atoms with Crippen molar-refractivity contribution in [1.82, 2.24) is 15.1 Å². The molecule has 0 spiro atoms. The zero-order valence-corrected chi connectivity index (χ0v) is 12.0. The standard InChI is InChI=1S/C12H27N3O2/c1-7-13-12(2,11(16)17-6)10-15(5)9-8-14(3)4/h13H,7-10H2,1-6H3. The van der Waals surface area contributed by atoms with Crippen LogP contribution in [0.4, 0.5) is 0 Å². The number of nitrogens with one attached hydrogen (secondary N) is 1. The summed E-state index contributed by atoms with van der Waals surface area (Å²) in [7, 11) is 7.52. The predicted molar refractivity (Wildman–Crippen MR) is 70.1 cm³/mol. The van der Waals surface area contributed by atoms with E-state index < -0.39 is 5.54 Å². The van der Waals surface area contributed by atoms with Crippen molar-refractivity contribution in [3.05, 3.63) is 0 Å². The second kappa shape index (κ2) is 7.63. The van der Waals surface area contributed by atoms with E-state index in [0.29, 0.717) is 6.54 Å². The zero-order valence-electron chi connectivity index (χ0n) is 12.0. The fourth-order valence-corrected chi connectivity index (χ4v) is 1.80. The van der Waals surface area contributed by atoms with Gasteiger partial charge in [0.25, 0.3) is 0 Å². The van der Waals surface area contributed by atoms with Gasteiger partial charge in [0.1, 0.15) is 5.54 Å². The fourth-order valence-electron chi connectivity index (χ4n) is 1.80. The number of likely N-dealkylation sites (N-methyl/N-ethyl adjacent to an activating group) is 3. The van der Waals surface area contributed by atoms with Gasteiger partial charge in [-0.1, -0.05) is 6.92 Å². The highest BCUT2D eigenvalue weighted by Crippen LogP contribution is 2.08. The molecule has 1 unspecified atom stereocenters. The van der Waals surface area contributed by atoms with Crippen molar-refractivity contribution in [1.29, 1.82) is 0 Å². The molecule has 102 valence electrons. The molecule has 0 saturated carbocycles. The number of methoxy groups -OCH3 is 1. The van der Waals surface area contributed by atoms with Crippen LogP contribution >= 0.6 is 0 Å². The minimum absolute atomic E-state index is 0.212. The Morgan fingerprint density at radius 2 is 1.88 bits per heavy atom. The monoisotopic (exact) mass is 245 g/mol. The van der Waals surface area contributed by atoms with E-state index in [1.165, 1.54) is 7.11 Å². The van der Waals surface area contributed by atoms with Gasteiger partial charge in [0.05, 0.1) is 7.11 Å². The summed E-state index contributed by atoms with van der Waals surface area (Å²) in [5, 5.41) is 3.20. The molecule has 5 heteroatoms. The van der Waals surface area contributed by atoms with E-state index in [4.69, 9.17) is 4.74 Å². The first kappa shape index (κ1) is 16.4. The van der Waals surface area contributed by atoms with E-state index in [-0.39, 0.29) is 5.97 Å². The molecule has 0 aliphatic rings. The molecule has 0 amide bonds. The maximum atomic E-state index is 11.8. The van der Waals surface area contributed by atoms with Crippen molar-refractivity contribution in [2.75, 3.05) is 54.4 Å². The lowest BCUT2D eigenvalue weighted by Crippen LogP contribution is -2.57. The van der Waals surface area contributed by atoms with Crippen LogP contribution < -0.4 is 5.32 Å². The number of ether oxygens (including phenoxy) is 1. The number of esters is 1. The quantitative estimate of drug-likeness (QED) is 0.611. The lowest BCUT2D eigenvalue weighted by Gasteiger charge is -2.32. The molecule has 0 bridgehead atoms. The molecule has 5 nitrogen and oxygen atoms in total. The molecule has 0 aliphatic carbocycles. The van der Waals surface area contributed by atoms with Crippen LogP contribution in [0.2, 0.25) is 0 Å². The normalized spacial score (nSPS) is 15.1. The van der Waals surface area contributed by atoms with E-state index >= 15 is 0 Å². The van der Waals surface area contributed by atoms with E-state index in [1.54, 1.807) is 0 Å². The molecule has 0 saturated heterocycles. The van der Waals surface area contributed by atoms with Gasteiger partial charge in [-0.3, -0.25) is 4.79 Å². The smallest absolute Gasteiger partial charge is 0.327 e. The minimum atomic E-state index is -0.634. The average Bonchev–Trinajstić information content (AvgIpc) is 2.25. The number of carbonyl (C=O) groups excluding carboxylic acids is 1. The van der Waals surface area contributed by atoms with Gasteiger partial charge in [0, 0.05) is 19.6 Å². The lowest BCUT2D eigenvalue weighted by atomic mass is 10.0. The van der Waals surface area contributed by atoms with Crippen LogP contribution in [0.1, 0.15) is 13.8 Å². The van der Waals surface area contributed by atoms with E-state index in [0.717, 1.165) is 19.6 Å². The maximum Gasteiger partial charge on any atom is 0.327 e. The largest absolute Gasteiger partial charge is 0.468 e. The Hall–Kier alpha value is -0.650.